The van der Waals surface area contributed by atoms with Gasteiger partial charge < -0.3 is 5.11 Å². The van der Waals surface area contributed by atoms with Gasteiger partial charge in [0, 0.05) is 6.42 Å². The molecule has 2 bridgehead atoms. The highest BCUT2D eigenvalue weighted by Gasteiger charge is 2.67. The second-order valence-electron chi connectivity index (χ2n) is 8.93. The number of fused-ring (bicyclic) bond motifs is 2. The maximum atomic E-state index is 12.3. The van der Waals surface area contributed by atoms with Crippen LogP contribution in [0.3, 0.4) is 0 Å². The first-order valence-corrected chi connectivity index (χ1v) is 8.72. The Labute approximate surface area is 128 Å². The van der Waals surface area contributed by atoms with Crippen LogP contribution in [0.15, 0.2) is 11.6 Å². The van der Waals surface area contributed by atoms with E-state index in [1.165, 1.54) is 24.8 Å². The van der Waals surface area contributed by atoms with E-state index in [0.717, 1.165) is 31.6 Å². The molecule has 0 saturated heterocycles. The van der Waals surface area contributed by atoms with Gasteiger partial charge in [0.05, 0.1) is 5.60 Å². The van der Waals surface area contributed by atoms with Crippen LogP contribution in [0, 0.1) is 28.6 Å². The van der Waals surface area contributed by atoms with Gasteiger partial charge in [-0.2, -0.15) is 0 Å². The van der Waals surface area contributed by atoms with E-state index in [2.05, 4.69) is 13.8 Å². The van der Waals surface area contributed by atoms with Gasteiger partial charge in [0.15, 0.2) is 5.78 Å². The zero-order chi connectivity index (χ0) is 15.0. The minimum Gasteiger partial charge on any atom is -0.390 e. The molecule has 3 saturated carbocycles. The second-order valence-corrected chi connectivity index (χ2v) is 8.93. The van der Waals surface area contributed by atoms with Gasteiger partial charge in [-0.25, -0.2) is 0 Å². The van der Waals surface area contributed by atoms with Crippen molar-refractivity contribution in [2.45, 2.75) is 71.3 Å². The van der Waals surface area contributed by atoms with Gasteiger partial charge in [0.1, 0.15) is 0 Å². The lowest BCUT2D eigenvalue weighted by Gasteiger charge is -2.61. The van der Waals surface area contributed by atoms with Gasteiger partial charge in [-0.15, -0.1) is 0 Å². The van der Waals surface area contributed by atoms with Gasteiger partial charge in [-0.05, 0) is 87.0 Å². The molecule has 0 aromatic carbocycles. The largest absolute Gasteiger partial charge is 0.390 e. The van der Waals surface area contributed by atoms with E-state index in [4.69, 9.17) is 0 Å². The average Bonchev–Trinajstić information content (AvgIpc) is 2.72. The third kappa shape index (κ3) is 1.60. The molecule has 1 spiro atoms. The molecule has 1 unspecified atom stereocenters. The Bertz CT molecular complexity index is 532. The first kappa shape index (κ1) is 14.0. The fourth-order valence-corrected chi connectivity index (χ4v) is 6.93. The standard InChI is InChI=1S/C19H28O2/c1-12-8-15(20)11-17(2)16(12)5-4-13-9-14-10-19(13,17)7-6-18(14,3)21/h8,13-14,16,21H,4-7,9-11H2,1-3H3/t13-,14?,16-,17-,18+,19+/m0/s1. The van der Waals surface area contributed by atoms with Crippen LogP contribution in [-0.4, -0.2) is 16.5 Å². The molecule has 0 amide bonds. The van der Waals surface area contributed by atoms with E-state index in [9.17, 15) is 9.90 Å². The van der Waals surface area contributed by atoms with E-state index in [0.29, 0.717) is 23.0 Å². The van der Waals surface area contributed by atoms with Gasteiger partial charge in [0.2, 0.25) is 0 Å². The van der Waals surface area contributed by atoms with Crippen molar-refractivity contribution in [2.75, 3.05) is 0 Å². The Kier molecular flexibility index (Phi) is 2.67. The summed E-state index contributed by atoms with van der Waals surface area (Å²) in [5, 5.41) is 10.7. The lowest BCUT2D eigenvalue weighted by atomic mass is 9.43. The smallest absolute Gasteiger partial charge is 0.156 e. The number of allylic oxidation sites excluding steroid dienone is 2. The van der Waals surface area contributed by atoms with Crippen molar-refractivity contribution in [3.05, 3.63) is 11.6 Å². The van der Waals surface area contributed by atoms with E-state index in [-0.39, 0.29) is 5.41 Å². The molecule has 0 aromatic rings. The third-order valence-electron chi connectivity index (χ3n) is 8.11. The Morgan fingerprint density at radius 2 is 1.95 bits per heavy atom. The lowest BCUT2D eigenvalue weighted by molar-refractivity contribution is -0.140. The van der Waals surface area contributed by atoms with E-state index in [1.54, 1.807) is 0 Å². The zero-order valence-electron chi connectivity index (χ0n) is 13.6. The van der Waals surface area contributed by atoms with Crippen molar-refractivity contribution >= 4 is 5.78 Å². The molecule has 1 N–H and O–H groups in total. The van der Waals surface area contributed by atoms with Gasteiger partial charge in [0.25, 0.3) is 0 Å². The van der Waals surface area contributed by atoms with Crippen LogP contribution < -0.4 is 0 Å². The Morgan fingerprint density at radius 1 is 1.19 bits per heavy atom. The molecular weight excluding hydrogens is 260 g/mol. The molecule has 116 valence electrons. The van der Waals surface area contributed by atoms with Crippen molar-refractivity contribution in [1.82, 2.24) is 0 Å². The first-order chi connectivity index (χ1) is 9.78. The third-order valence-corrected chi connectivity index (χ3v) is 8.11. The van der Waals surface area contributed by atoms with Crippen molar-refractivity contribution in [3.63, 3.8) is 0 Å². The number of rotatable bonds is 0. The molecule has 0 aromatic heterocycles. The number of carbonyl (C=O) groups excluding carboxylic acids is 1. The summed E-state index contributed by atoms with van der Waals surface area (Å²) in [6.07, 6.45) is 9.57. The molecule has 6 atom stereocenters. The molecule has 2 heteroatoms. The minimum atomic E-state index is -0.474. The molecule has 4 rings (SSSR count). The number of aliphatic hydroxyl groups is 1. The summed E-state index contributed by atoms with van der Waals surface area (Å²) in [6.45, 7) is 6.61. The van der Waals surface area contributed by atoms with E-state index >= 15 is 0 Å². The number of hydrogen-bond donors (Lipinski definition) is 1. The van der Waals surface area contributed by atoms with Gasteiger partial charge in [-0.1, -0.05) is 12.5 Å². The Morgan fingerprint density at radius 3 is 2.71 bits per heavy atom. The van der Waals surface area contributed by atoms with Crippen molar-refractivity contribution < 1.29 is 9.90 Å². The monoisotopic (exact) mass is 288 g/mol. The van der Waals surface area contributed by atoms with E-state index < -0.39 is 5.60 Å². The van der Waals surface area contributed by atoms with Crippen LogP contribution in [0.25, 0.3) is 0 Å². The van der Waals surface area contributed by atoms with Crippen LogP contribution >= 0.6 is 0 Å². The molecule has 0 radical (unpaired) electrons. The molecule has 3 fully saturated rings. The fourth-order valence-electron chi connectivity index (χ4n) is 6.93. The SMILES string of the molecule is CC1=CC(=O)C[C@@]2(C)[C@H]1CC[C@H]1CC3C[C@]12CC[C@@]3(C)O. The summed E-state index contributed by atoms with van der Waals surface area (Å²) in [4.78, 5) is 12.3. The molecule has 4 aliphatic carbocycles. The predicted molar refractivity (Wildman–Crippen MR) is 82.7 cm³/mol. The molecule has 0 aliphatic heterocycles. The van der Waals surface area contributed by atoms with Crippen molar-refractivity contribution in [2.24, 2.45) is 28.6 Å². The zero-order valence-corrected chi connectivity index (χ0v) is 13.6. The normalized spacial score (nSPS) is 55.7. The van der Waals surface area contributed by atoms with Crippen LogP contribution in [0.2, 0.25) is 0 Å². The quantitative estimate of drug-likeness (QED) is 0.734. The highest BCUT2D eigenvalue weighted by atomic mass is 16.3. The van der Waals surface area contributed by atoms with Crippen LogP contribution in [0.5, 0.6) is 0 Å². The molecule has 4 aliphatic rings. The van der Waals surface area contributed by atoms with Crippen LogP contribution in [0.1, 0.15) is 65.7 Å². The first-order valence-electron chi connectivity index (χ1n) is 8.72. The molecule has 21 heavy (non-hydrogen) atoms. The summed E-state index contributed by atoms with van der Waals surface area (Å²) < 4.78 is 0. The summed E-state index contributed by atoms with van der Waals surface area (Å²) in [5.74, 6) is 2.11. The average molecular weight is 288 g/mol. The number of hydrogen-bond acceptors (Lipinski definition) is 2. The van der Waals surface area contributed by atoms with Crippen molar-refractivity contribution in [1.29, 1.82) is 0 Å². The van der Waals surface area contributed by atoms with Gasteiger partial charge >= 0.3 is 0 Å². The molecule has 2 nitrogen and oxygen atoms in total. The van der Waals surface area contributed by atoms with Crippen molar-refractivity contribution in [3.8, 4) is 0 Å². The summed E-state index contributed by atoms with van der Waals surface area (Å²) in [6, 6.07) is 0. The van der Waals surface area contributed by atoms with Gasteiger partial charge in [-0.3, -0.25) is 4.79 Å². The highest BCUT2D eigenvalue weighted by Crippen LogP contribution is 2.73. The topological polar surface area (TPSA) is 37.3 Å². The number of ketones is 1. The summed E-state index contributed by atoms with van der Waals surface area (Å²) in [7, 11) is 0. The van der Waals surface area contributed by atoms with Crippen LogP contribution in [0.4, 0.5) is 0 Å². The lowest BCUT2D eigenvalue weighted by Crippen LogP contribution is -2.55. The summed E-state index contributed by atoms with van der Waals surface area (Å²) in [5.41, 5.74) is 1.30. The summed E-state index contributed by atoms with van der Waals surface area (Å²) >= 11 is 0. The Hall–Kier alpha value is -0.630. The molecular formula is C19H28O2. The predicted octanol–water partition coefficient (Wildman–Crippen LogP) is 3.88. The Balaban J connectivity index is 1.80. The molecule has 0 heterocycles. The van der Waals surface area contributed by atoms with Crippen LogP contribution in [-0.2, 0) is 4.79 Å². The maximum Gasteiger partial charge on any atom is 0.156 e. The number of carbonyl (C=O) groups is 1. The maximum absolute atomic E-state index is 12.3. The second kappa shape index (κ2) is 4.01. The fraction of sp³-hybridized carbons (Fsp3) is 0.842. The van der Waals surface area contributed by atoms with E-state index in [1.807, 2.05) is 13.0 Å². The highest BCUT2D eigenvalue weighted by molar-refractivity contribution is 5.92. The minimum absolute atomic E-state index is 0.136.